The van der Waals surface area contributed by atoms with Gasteiger partial charge in [-0.1, -0.05) is 48.5 Å². The molecule has 2 amide bonds. The lowest BCUT2D eigenvalue weighted by atomic mass is 10.0. The first-order chi connectivity index (χ1) is 27.1. The minimum atomic E-state index is -1.24. The predicted octanol–water partition coefficient (Wildman–Crippen LogP) is 6.50. The van der Waals surface area contributed by atoms with Gasteiger partial charge in [-0.15, -0.1) is 0 Å². The number of alkyl carbamates (subject to hydrolysis) is 1. The molecule has 1 heterocycles. The van der Waals surface area contributed by atoms with Crippen molar-refractivity contribution >= 4 is 46.3 Å². The molecule has 0 bridgehead atoms. The van der Waals surface area contributed by atoms with Gasteiger partial charge in [0.2, 0.25) is 0 Å². The third-order valence-corrected chi connectivity index (χ3v) is 8.60. The molecule has 0 aliphatic heterocycles. The SMILES string of the molecule is CCOC(=O)C[C@@H](NC(=O)OCc1ccccc1)c1cccc(NC(=O)OCCc2c(OC)cc(C(Nc3ccc4cc[nH]c(=O)c4c3)C(=O)O)cc2OC)c1. The molecule has 1 aromatic heterocycles. The summed E-state index contributed by atoms with van der Waals surface area (Å²) >= 11 is 0. The van der Waals surface area contributed by atoms with Crippen LogP contribution in [0.4, 0.5) is 21.0 Å². The highest BCUT2D eigenvalue weighted by Gasteiger charge is 2.25. The van der Waals surface area contributed by atoms with Crippen LogP contribution < -0.4 is 31.0 Å². The Hall–Kier alpha value is -7.03. The number of carbonyl (C=O) groups is 4. The summed E-state index contributed by atoms with van der Waals surface area (Å²) in [5, 5.41) is 19.6. The molecule has 5 rings (SSSR count). The standard InChI is InChI=1S/C41H42N4O11/c1-4-54-36(46)23-33(45-41(51)56-24-25-9-6-5-7-10-25)27-11-8-12-29(19-27)44-40(50)55-18-16-31-34(52-2)20-28(21-35(31)53-3)37(39(48)49)43-30-14-13-26-15-17-42-38(47)32(26)22-30/h5-15,17,19-22,33,37,43H,4,16,18,23-24H2,1-3H3,(H,42,47)(H,44,50)(H,45,51)(H,48,49)/t33-,37?/m1/s1. The normalized spacial score (nSPS) is 11.8. The van der Waals surface area contributed by atoms with E-state index in [0.717, 1.165) is 5.56 Å². The van der Waals surface area contributed by atoms with E-state index in [0.29, 0.717) is 50.3 Å². The fourth-order valence-electron chi connectivity index (χ4n) is 5.92. The van der Waals surface area contributed by atoms with E-state index in [1.54, 1.807) is 67.6 Å². The minimum Gasteiger partial charge on any atom is -0.496 e. The Morgan fingerprint density at radius 3 is 2.23 bits per heavy atom. The molecule has 0 saturated carbocycles. The van der Waals surface area contributed by atoms with Gasteiger partial charge < -0.3 is 44.4 Å². The minimum absolute atomic E-state index is 0.0321. The zero-order valence-corrected chi connectivity index (χ0v) is 31.0. The number of rotatable bonds is 17. The molecule has 0 radical (unpaired) electrons. The van der Waals surface area contributed by atoms with E-state index in [9.17, 15) is 29.1 Å². The highest BCUT2D eigenvalue weighted by Crippen LogP contribution is 2.35. The van der Waals surface area contributed by atoms with Gasteiger partial charge in [0.1, 0.15) is 18.1 Å². The molecule has 5 aromatic rings. The van der Waals surface area contributed by atoms with Crippen molar-refractivity contribution < 1.29 is 48.0 Å². The van der Waals surface area contributed by atoms with Crippen LogP contribution in [0.2, 0.25) is 0 Å². The van der Waals surface area contributed by atoms with Crippen molar-refractivity contribution in [2.45, 2.75) is 38.5 Å². The molecule has 56 heavy (non-hydrogen) atoms. The number of carbonyl (C=O) groups excluding carboxylic acids is 3. The zero-order chi connectivity index (χ0) is 40.0. The van der Waals surface area contributed by atoms with E-state index in [-0.39, 0.29) is 38.2 Å². The van der Waals surface area contributed by atoms with E-state index < -0.39 is 36.2 Å². The van der Waals surface area contributed by atoms with Crippen LogP contribution in [0.25, 0.3) is 10.8 Å². The number of aromatic amines is 1. The second-order valence-electron chi connectivity index (χ2n) is 12.3. The van der Waals surface area contributed by atoms with Crippen molar-refractivity contribution in [1.29, 1.82) is 0 Å². The number of H-pyrrole nitrogens is 1. The van der Waals surface area contributed by atoms with Crippen molar-refractivity contribution in [2.24, 2.45) is 0 Å². The Morgan fingerprint density at radius 2 is 1.54 bits per heavy atom. The molecule has 292 valence electrons. The number of aromatic nitrogens is 1. The molecule has 5 N–H and O–H groups in total. The number of anilines is 2. The van der Waals surface area contributed by atoms with E-state index in [1.807, 2.05) is 30.3 Å². The van der Waals surface area contributed by atoms with Gasteiger partial charge in [-0.25, -0.2) is 14.4 Å². The Morgan fingerprint density at radius 1 is 0.786 bits per heavy atom. The monoisotopic (exact) mass is 766 g/mol. The van der Waals surface area contributed by atoms with Crippen LogP contribution in [0.15, 0.2) is 102 Å². The number of fused-ring (bicyclic) bond motifs is 1. The molecule has 0 aliphatic rings. The summed E-state index contributed by atoms with van der Waals surface area (Å²) < 4.78 is 27.1. The van der Waals surface area contributed by atoms with Gasteiger partial charge in [-0.05, 0) is 71.5 Å². The average molecular weight is 767 g/mol. The van der Waals surface area contributed by atoms with E-state index in [4.69, 9.17) is 23.7 Å². The van der Waals surface area contributed by atoms with Crippen LogP contribution in [0.3, 0.4) is 0 Å². The molecule has 15 heteroatoms. The third kappa shape index (κ3) is 10.8. The second-order valence-corrected chi connectivity index (χ2v) is 12.3. The highest BCUT2D eigenvalue weighted by atomic mass is 16.6. The molecule has 0 fully saturated rings. The topological polar surface area (TPSA) is 204 Å². The van der Waals surface area contributed by atoms with Crippen LogP contribution in [-0.2, 0) is 36.8 Å². The third-order valence-electron chi connectivity index (χ3n) is 8.60. The number of methoxy groups -OCH3 is 2. The summed E-state index contributed by atoms with van der Waals surface area (Å²) in [7, 11) is 2.85. The molecule has 1 unspecified atom stereocenters. The Balaban J connectivity index is 1.23. The largest absolute Gasteiger partial charge is 0.496 e. The van der Waals surface area contributed by atoms with Crippen LogP contribution in [0.1, 0.15) is 47.7 Å². The first-order valence-electron chi connectivity index (χ1n) is 17.6. The summed E-state index contributed by atoms with van der Waals surface area (Å²) in [6.07, 6.45) is -0.0146. The van der Waals surface area contributed by atoms with Gasteiger partial charge in [0.25, 0.3) is 5.56 Å². The number of aliphatic carboxylic acids is 1. The van der Waals surface area contributed by atoms with E-state index in [1.165, 1.54) is 20.4 Å². The summed E-state index contributed by atoms with van der Waals surface area (Å²) in [4.78, 5) is 65.4. The van der Waals surface area contributed by atoms with Gasteiger partial charge in [0.05, 0.1) is 39.9 Å². The number of hydrogen-bond acceptors (Lipinski definition) is 11. The number of ether oxygens (including phenoxy) is 5. The number of amides is 2. The summed E-state index contributed by atoms with van der Waals surface area (Å²) in [5.41, 5.74) is 2.59. The summed E-state index contributed by atoms with van der Waals surface area (Å²) in [6.45, 7) is 1.77. The van der Waals surface area contributed by atoms with Crippen LogP contribution in [0.5, 0.6) is 11.5 Å². The molecular formula is C41H42N4O11. The zero-order valence-electron chi connectivity index (χ0n) is 31.0. The van der Waals surface area contributed by atoms with Crippen LogP contribution >= 0.6 is 0 Å². The maximum atomic E-state index is 12.9. The molecule has 4 aromatic carbocycles. The van der Waals surface area contributed by atoms with Crippen molar-refractivity contribution in [3.63, 3.8) is 0 Å². The maximum Gasteiger partial charge on any atom is 0.411 e. The lowest BCUT2D eigenvalue weighted by Gasteiger charge is -2.21. The van der Waals surface area contributed by atoms with Crippen molar-refractivity contribution in [3.05, 3.63) is 130 Å². The lowest BCUT2D eigenvalue weighted by molar-refractivity contribution is -0.143. The van der Waals surface area contributed by atoms with E-state index in [2.05, 4.69) is 20.9 Å². The first kappa shape index (κ1) is 40.2. The number of benzene rings is 4. The fraction of sp³-hybridized carbons (Fsp3) is 0.244. The van der Waals surface area contributed by atoms with Gasteiger partial charge >= 0.3 is 24.1 Å². The number of carboxylic acid groups (broad SMARTS) is 1. The fourth-order valence-corrected chi connectivity index (χ4v) is 5.92. The highest BCUT2D eigenvalue weighted by molar-refractivity contribution is 5.87. The van der Waals surface area contributed by atoms with Gasteiger partial charge in [-0.2, -0.15) is 0 Å². The Bertz CT molecular complexity index is 2200. The second kappa shape index (κ2) is 19.3. The molecule has 0 saturated heterocycles. The summed E-state index contributed by atoms with van der Waals surface area (Å²) in [5.74, 6) is -1.10. The molecule has 0 spiro atoms. The van der Waals surface area contributed by atoms with Crippen molar-refractivity contribution in [2.75, 3.05) is 38.1 Å². The Kier molecular flexibility index (Phi) is 13.9. The van der Waals surface area contributed by atoms with Crippen molar-refractivity contribution in [1.82, 2.24) is 10.3 Å². The first-order valence-corrected chi connectivity index (χ1v) is 17.6. The lowest BCUT2D eigenvalue weighted by Crippen LogP contribution is -2.31. The van der Waals surface area contributed by atoms with Crippen LogP contribution in [-0.4, -0.2) is 61.6 Å². The van der Waals surface area contributed by atoms with Crippen molar-refractivity contribution in [3.8, 4) is 11.5 Å². The Labute approximate surface area is 321 Å². The molecule has 15 nitrogen and oxygen atoms in total. The summed E-state index contributed by atoms with van der Waals surface area (Å²) in [6, 6.07) is 23.5. The number of hydrogen-bond donors (Lipinski definition) is 5. The van der Waals surface area contributed by atoms with Gasteiger partial charge in [0, 0.05) is 34.9 Å². The predicted molar refractivity (Wildman–Crippen MR) is 207 cm³/mol. The van der Waals surface area contributed by atoms with Gasteiger partial charge in [0.15, 0.2) is 6.04 Å². The molecule has 0 aliphatic carbocycles. The number of carboxylic acids is 1. The molecule has 2 atom stereocenters. The van der Waals surface area contributed by atoms with Gasteiger partial charge in [-0.3, -0.25) is 14.9 Å². The molecular weight excluding hydrogens is 724 g/mol. The quantitative estimate of drug-likeness (QED) is 0.0509. The maximum absolute atomic E-state index is 12.9. The number of esters is 1. The number of pyridine rings is 1. The average Bonchev–Trinajstić information content (AvgIpc) is 3.19. The van der Waals surface area contributed by atoms with E-state index >= 15 is 0 Å². The van der Waals surface area contributed by atoms with Crippen LogP contribution in [0, 0.1) is 0 Å². The number of nitrogens with one attached hydrogen (secondary N) is 4. The smallest absolute Gasteiger partial charge is 0.411 e.